The molecule has 0 aliphatic carbocycles. The fraction of sp³-hybridized carbons (Fsp3) is 0.929. The van der Waals surface area contributed by atoms with Crippen molar-refractivity contribution in [2.75, 3.05) is 26.3 Å². The zero-order valence-corrected chi connectivity index (χ0v) is 11.7. The summed E-state index contributed by atoms with van der Waals surface area (Å²) in [5, 5.41) is 3.29. The zero-order valence-electron chi connectivity index (χ0n) is 11.7. The van der Waals surface area contributed by atoms with E-state index in [4.69, 9.17) is 9.47 Å². The summed E-state index contributed by atoms with van der Waals surface area (Å²) >= 11 is 0. The Bertz CT molecular complexity index is 227. The first-order valence-corrected chi connectivity index (χ1v) is 7.20. The van der Waals surface area contributed by atoms with Gasteiger partial charge in [-0.05, 0) is 38.3 Å². The second kappa shape index (κ2) is 9.34. The van der Waals surface area contributed by atoms with Crippen molar-refractivity contribution >= 4 is 5.97 Å². The van der Waals surface area contributed by atoms with Crippen LogP contribution in [0.5, 0.6) is 0 Å². The molecule has 1 aliphatic rings. The maximum atomic E-state index is 11.5. The molecule has 0 saturated carbocycles. The predicted molar refractivity (Wildman–Crippen MR) is 71.5 cm³/mol. The van der Waals surface area contributed by atoms with E-state index in [2.05, 4.69) is 19.2 Å². The van der Waals surface area contributed by atoms with Crippen LogP contribution in [0.25, 0.3) is 0 Å². The van der Waals surface area contributed by atoms with Crippen molar-refractivity contribution in [1.29, 1.82) is 0 Å². The molecule has 0 aromatic heterocycles. The van der Waals surface area contributed by atoms with Crippen LogP contribution in [-0.2, 0) is 14.3 Å². The van der Waals surface area contributed by atoms with Crippen LogP contribution in [0.2, 0.25) is 0 Å². The second-order valence-electron chi connectivity index (χ2n) is 5.15. The lowest BCUT2D eigenvalue weighted by molar-refractivity contribution is -0.146. The Hall–Kier alpha value is -0.610. The van der Waals surface area contributed by atoms with E-state index in [0.717, 1.165) is 38.8 Å². The largest absolute Gasteiger partial charge is 0.465 e. The fourth-order valence-corrected chi connectivity index (χ4v) is 2.15. The number of nitrogens with one attached hydrogen (secondary N) is 1. The molecule has 4 heteroatoms. The first-order chi connectivity index (χ1) is 8.72. The van der Waals surface area contributed by atoms with Gasteiger partial charge in [-0.1, -0.05) is 20.3 Å². The average molecular weight is 257 g/mol. The molecule has 1 N–H and O–H groups in total. The summed E-state index contributed by atoms with van der Waals surface area (Å²) in [5.74, 6) is 0.330. The van der Waals surface area contributed by atoms with Gasteiger partial charge in [-0.15, -0.1) is 0 Å². The van der Waals surface area contributed by atoms with E-state index in [0.29, 0.717) is 31.7 Å². The van der Waals surface area contributed by atoms with Crippen LogP contribution < -0.4 is 5.32 Å². The number of esters is 1. The Morgan fingerprint density at radius 2 is 2.11 bits per heavy atom. The molecule has 1 aliphatic heterocycles. The topological polar surface area (TPSA) is 47.6 Å². The summed E-state index contributed by atoms with van der Waals surface area (Å²) in [6, 6.07) is 0. The highest BCUT2D eigenvalue weighted by Gasteiger charge is 2.14. The van der Waals surface area contributed by atoms with Gasteiger partial charge >= 0.3 is 5.97 Å². The fourth-order valence-electron chi connectivity index (χ4n) is 2.15. The van der Waals surface area contributed by atoms with Crippen molar-refractivity contribution in [1.82, 2.24) is 5.32 Å². The van der Waals surface area contributed by atoms with Crippen molar-refractivity contribution < 1.29 is 14.3 Å². The van der Waals surface area contributed by atoms with Crippen molar-refractivity contribution in [2.45, 2.75) is 52.1 Å². The number of hydrogen-bond donors (Lipinski definition) is 1. The van der Waals surface area contributed by atoms with Gasteiger partial charge in [0.2, 0.25) is 0 Å². The lowest BCUT2D eigenvalue weighted by atomic mass is 10.1. The molecule has 106 valence electrons. The van der Waals surface area contributed by atoms with E-state index >= 15 is 0 Å². The Balaban J connectivity index is 1.99. The highest BCUT2D eigenvalue weighted by atomic mass is 16.5. The molecule has 1 fully saturated rings. The lowest BCUT2D eigenvalue weighted by Crippen LogP contribution is -2.32. The summed E-state index contributed by atoms with van der Waals surface area (Å²) in [6.07, 6.45) is 5.03. The molecular weight excluding hydrogens is 230 g/mol. The number of ether oxygens (including phenoxy) is 2. The van der Waals surface area contributed by atoms with E-state index < -0.39 is 0 Å². The molecule has 0 aromatic carbocycles. The van der Waals surface area contributed by atoms with E-state index in [1.165, 1.54) is 0 Å². The molecule has 1 rings (SSSR count). The summed E-state index contributed by atoms with van der Waals surface area (Å²) < 4.78 is 10.9. The van der Waals surface area contributed by atoms with Crippen LogP contribution in [0.4, 0.5) is 0 Å². The monoisotopic (exact) mass is 257 g/mol. The van der Waals surface area contributed by atoms with Gasteiger partial charge < -0.3 is 14.8 Å². The van der Waals surface area contributed by atoms with Crippen LogP contribution >= 0.6 is 0 Å². The summed E-state index contributed by atoms with van der Waals surface area (Å²) in [7, 11) is 0. The third kappa shape index (κ3) is 6.97. The standard InChI is InChI=1S/C14H27NO3/c1-3-4-12(2)11-18-14(16)7-10-17-13-5-8-15-9-6-13/h12-13,15H,3-11H2,1-2H3. The lowest BCUT2D eigenvalue weighted by Gasteiger charge is -2.22. The van der Waals surface area contributed by atoms with Crippen LogP contribution in [0.3, 0.4) is 0 Å². The highest BCUT2D eigenvalue weighted by Crippen LogP contribution is 2.08. The van der Waals surface area contributed by atoms with Gasteiger partial charge in [0, 0.05) is 0 Å². The minimum Gasteiger partial charge on any atom is -0.465 e. The molecule has 1 heterocycles. The Morgan fingerprint density at radius 3 is 2.78 bits per heavy atom. The predicted octanol–water partition coefficient (Wildman–Crippen LogP) is 2.12. The molecule has 0 spiro atoms. The number of carbonyl (C=O) groups excluding carboxylic acids is 1. The molecule has 0 radical (unpaired) electrons. The smallest absolute Gasteiger partial charge is 0.308 e. The van der Waals surface area contributed by atoms with Crippen molar-refractivity contribution in [3.63, 3.8) is 0 Å². The van der Waals surface area contributed by atoms with Gasteiger partial charge in [0.15, 0.2) is 0 Å². The van der Waals surface area contributed by atoms with E-state index in [9.17, 15) is 4.79 Å². The zero-order chi connectivity index (χ0) is 13.2. The summed E-state index contributed by atoms with van der Waals surface area (Å²) in [5.41, 5.74) is 0. The third-order valence-electron chi connectivity index (χ3n) is 3.26. The van der Waals surface area contributed by atoms with Gasteiger partial charge in [0.1, 0.15) is 0 Å². The van der Waals surface area contributed by atoms with Crippen LogP contribution in [0.1, 0.15) is 46.0 Å². The summed E-state index contributed by atoms with van der Waals surface area (Å²) in [4.78, 5) is 11.5. The van der Waals surface area contributed by atoms with Crippen LogP contribution in [0, 0.1) is 5.92 Å². The van der Waals surface area contributed by atoms with Crippen LogP contribution in [0.15, 0.2) is 0 Å². The number of rotatable bonds is 8. The summed E-state index contributed by atoms with van der Waals surface area (Å²) in [6.45, 7) is 7.33. The van der Waals surface area contributed by atoms with Crippen molar-refractivity contribution in [3.05, 3.63) is 0 Å². The van der Waals surface area contributed by atoms with Crippen LogP contribution in [-0.4, -0.2) is 38.4 Å². The maximum Gasteiger partial charge on any atom is 0.308 e. The van der Waals surface area contributed by atoms with Gasteiger partial charge in [-0.3, -0.25) is 4.79 Å². The molecule has 0 aromatic rings. The first-order valence-electron chi connectivity index (χ1n) is 7.20. The molecule has 1 saturated heterocycles. The normalized spacial score (nSPS) is 18.6. The first kappa shape index (κ1) is 15.4. The van der Waals surface area contributed by atoms with Crippen molar-refractivity contribution in [3.8, 4) is 0 Å². The molecular formula is C14H27NO3. The van der Waals surface area contributed by atoms with E-state index in [1.807, 2.05) is 0 Å². The molecule has 1 unspecified atom stereocenters. The molecule has 1 atom stereocenters. The number of piperidine rings is 1. The number of carbonyl (C=O) groups is 1. The van der Waals surface area contributed by atoms with Crippen molar-refractivity contribution in [2.24, 2.45) is 5.92 Å². The van der Waals surface area contributed by atoms with Gasteiger partial charge in [0.25, 0.3) is 0 Å². The highest BCUT2D eigenvalue weighted by molar-refractivity contribution is 5.69. The maximum absolute atomic E-state index is 11.5. The third-order valence-corrected chi connectivity index (χ3v) is 3.26. The van der Waals surface area contributed by atoms with Gasteiger partial charge in [-0.2, -0.15) is 0 Å². The Labute approximate surface area is 110 Å². The average Bonchev–Trinajstić information content (AvgIpc) is 2.38. The molecule has 0 amide bonds. The van der Waals surface area contributed by atoms with Gasteiger partial charge in [-0.25, -0.2) is 0 Å². The molecule has 4 nitrogen and oxygen atoms in total. The van der Waals surface area contributed by atoms with Gasteiger partial charge in [0.05, 0.1) is 25.7 Å². The Kier molecular flexibility index (Phi) is 8.01. The van der Waals surface area contributed by atoms with E-state index in [-0.39, 0.29) is 5.97 Å². The molecule has 18 heavy (non-hydrogen) atoms. The minimum atomic E-state index is -0.133. The second-order valence-corrected chi connectivity index (χ2v) is 5.15. The number of hydrogen-bond acceptors (Lipinski definition) is 4. The van der Waals surface area contributed by atoms with E-state index in [1.54, 1.807) is 0 Å². The SMILES string of the molecule is CCCC(C)COC(=O)CCOC1CCNCC1. The molecule has 0 bridgehead atoms. The minimum absolute atomic E-state index is 0.133. The Morgan fingerprint density at radius 1 is 1.39 bits per heavy atom. The quantitative estimate of drug-likeness (QED) is 0.677.